The number of nitrogens with zero attached hydrogens (tertiary/aromatic N) is 4. The summed E-state index contributed by atoms with van der Waals surface area (Å²) in [6.07, 6.45) is 2.92. The SMILES string of the molecule is CC(=O)N(C)CCC[C@H]1C(=O)N(C)CCCCN(C(=O)c2ccc3c(c2)OCO3)CCCOc2ccccc2C(=O)N1C. The zero-order valence-corrected chi connectivity index (χ0v) is 25.5. The van der Waals surface area contributed by atoms with Crippen LogP contribution in [0.15, 0.2) is 42.5 Å². The molecule has 0 saturated carbocycles. The number of benzene rings is 2. The van der Waals surface area contributed by atoms with Crippen molar-refractivity contribution in [3.05, 3.63) is 53.6 Å². The summed E-state index contributed by atoms with van der Waals surface area (Å²) < 4.78 is 16.9. The molecule has 11 nitrogen and oxygen atoms in total. The van der Waals surface area contributed by atoms with Crippen LogP contribution in [0.3, 0.4) is 0 Å². The van der Waals surface area contributed by atoms with Crippen molar-refractivity contribution in [2.24, 2.45) is 0 Å². The molecule has 2 aliphatic heterocycles. The number of amides is 4. The maximum absolute atomic E-state index is 13.7. The molecule has 0 aromatic heterocycles. The van der Waals surface area contributed by atoms with Crippen LogP contribution in [0.5, 0.6) is 17.2 Å². The van der Waals surface area contributed by atoms with Gasteiger partial charge in [0.1, 0.15) is 11.8 Å². The first-order valence-electron chi connectivity index (χ1n) is 14.8. The van der Waals surface area contributed by atoms with Crippen LogP contribution in [0.1, 0.15) is 59.7 Å². The third-order valence-corrected chi connectivity index (χ3v) is 7.98. The highest BCUT2D eigenvalue weighted by molar-refractivity contribution is 5.99. The van der Waals surface area contributed by atoms with Crippen molar-refractivity contribution in [2.45, 2.75) is 45.1 Å². The van der Waals surface area contributed by atoms with Crippen molar-refractivity contribution in [1.82, 2.24) is 19.6 Å². The maximum Gasteiger partial charge on any atom is 0.258 e. The Kier molecular flexibility index (Phi) is 10.9. The summed E-state index contributed by atoms with van der Waals surface area (Å²) in [5.74, 6) is 0.954. The monoisotopic (exact) mass is 594 g/mol. The molecule has 4 amide bonds. The third-order valence-electron chi connectivity index (χ3n) is 7.98. The average molecular weight is 595 g/mol. The number of hydrogen-bond acceptors (Lipinski definition) is 7. The van der Waals surface area contributed by atoms with Crippen LogP contribution >= 0.6 is 0 Å². The van der Waals surface area contributed by atoms with E-state index in [1.807, 2.05) is 0 Å². The number of carbonyl (C=O) groups is 4. The number of rotatable bonds is 5. The molecule has 2 aromatic rings. The number of para-hydroxylation sites is 1. The van der Waals surface area contributed by atoms with Crippen LogP contribution in [0.2, 0.25) is 0 Å². The molecule has 2 aliphatic rings. The molecule has 0 radical (unpaired) electrons. The number of hydrogen-bond donors (Lipinski definition) is 0. The minimum atomic E-state index is -0.706. The quantitative estimate of drug-likeness (QED) is 0.523. The van der Waals surface area contributed by atoms with Gasteiger partial charge in [0.25, 0.3) is 11.8 Å². The Bertz CT molecular complexity index is 1320. The summed E-state index contributed by atoms with van der Waals surface area (Å²) in [7, 11) is 5.11. The molecule has 0 N–H and O–H groups in total. The Hall–Kier alpha value is -4.28. The molecule has 0 spiro atoms. The lowest BCUT2D eigenvalue weighted by Gasteiger charge is -2.32. The molecule has 43 heavy (non-hydrogen) atoms. The fourth-order valence-electron chi connectivity index (χ4n) is 5.24. The maximum atomic E-state index is 13.7. The largest absolute Gasteiger partial charge is 0.493 e. The first-order valence-corrected chi connectivity index (χ1v) is 14.8. The molecule has 4 rings (SSSR count). The van der Waals surface area contributed by atoms with Crippen molar-refractivity contribution in [3.8, 4) is 17.2 Å². The van der Waals surface area contributed by atoms with Crippen LogP contribution in [0.25, 0.3) is 0 Å². The molecule has 0 aliphatic carbocycles. The van der Waals surface area contributed by atoms with E-state index in [-0.39, 0.29) is 30.4 Å². The first kappa shape index (κ1) is 31.7. The summed E-state index contributed by atoms with van der Waals surface area (Å²) in [5, 5.41) is 0. The van der Waals surface area contributed by atoms with Gasteiger partial charge in [0.05, 0.1) is 12.2 Å². The Morgan fingerprint density at radius 2 is 1.63 bits per heavy atom. The Morgan fingerprint density at radius 1 is 0.907 bits per heavy atom. The molecule has 0 unspecified atom stereocenters. The minimum absolute atomic E-state index is 0.0528. The van der Waals surface area contributed by atoms with Gasteiger partial charge in [0, 0.05) is 59.8 Å². The van der Waals surface area contributed by atoms with E-state index in [4.69, 9.17) is 14.2 Å². The van der Waals surface area contributed by atoms with Gasteiger partial charge in [-0.15, -0.1) is 0 Å². The summed E-state index contributed by atoms with van der Waals surface area (Å²) in [5.41, 5.74) is 0.885. The highest BCUT2D eigenvalue weighted by atomic mass is 16.7. The molecule has 232 valence electrons. The zero-order valence-electron chi connectivity index (χ0n) is 25.5. The second-order valence-electron chi connectivity index (χ2n) is 11.0. The lowest BCUT2D eigenvalue weighted by atomic mass is 10.1. The van der Waals surface area contributed by atoms with Crippen molar-refractivity contribution < 1.29 is 33.4 Å². The molecule has 0 bridgehead atoms. The highest BCUT2D eigenvalue weighted by Crippen LogP contribution is 2.33. The van der Waals surface area contributed by atoms with Crippen LogP contribution in [0, 0.1) is 0 Å². The minimum Gasteiger partial charge on any atom is -0.493 e. The molecular weight excluding hydrogens is 552 g/mol. The van der Waals surface area contributed by atoms with E-state index in [0.717, 1.165) is 0 Å². The van der Waals surface area contributed by atoms with Crippen molar-refractivity contribution in [1.29, 1.82) is 0 Å². The summed E-state index contributed by atoms with van der Waals surface area (Å²) in [6, 6.07) is 11.5. The van der Waals surface area contributed by atoms with Gasteiger partial charge in [0.15, 0.2) is 11.5 Å². The molecule has 1 atom stereocenters. The van der Waals surface area contributed by atoms with Gasteiger partial charge in [-0.05, 0) is 62.4 Å². The van der Waals surface area contributed by atoms with Crippen LogP contribution < -0.4 is 14.2 Å². The lowest BCUT2D eigenvalue weighted by molar-refractivity contribution is -0.134. The normalized spacial score (nSPS) is 18.2. The lowest BCUT2D eigenvalue weighted by Crippen LogP contribution is -2.49. The molecule has 2 heterocycles. The van der Waals surface area contributed by atoms with E-state index in [2.05, 4.69) is 0 Å². The van der Waals surface area contributed by atoms with E-state index in [1.54, 1.807) is 78.3 Å². The fourth-order valence-corrected chi connectivity index (χ4v) is 5.24. The van der Waals surface area contributed by atoms with E-state index in [1.165, 1.54) is 11.8 Å². The van der Waals surface area contributed by atoms with Gasteiger partial charge in [0.2, 0.25) is 18.6 Å². The number of fused-ring (bicyclic) bond motifs is 2. The van der Waals surface area contributed by atoms with Crippen LogP contribution in [-0.2, 0) is 9.59 Å². The Labute approximate surface area is 253 Å². The second kappa shape index (κ2) is 14.8. The van der Waals surface area contributed by atoms with Gasteiger partial charge in [-0.25, -0.2) is 0 Å². The molecule has 0 saturated heterocycles. The number of likely N-dealkylation sites (N-methyl/N-ethyl adjacent to an activating group) is 2. The smallest absolute Gasteiger partial charge is 0.258 e. The van der Waals surface area contributed by atoms with Gasteiger partial charge in [-0.1, -0.05) is 12.1 Å². The van der Waals surface area contributed by atoms with Gasteiger partial charge >= 0.3 is 0 Å². The highest BCUT2D eigenvalue weighted by Gasteiger charge is 2.31. The van der Waals surface area contributed by atoms with Crippen molar-refractivity contribution in [3.63, 3.8) is 0 Å². The van der Waals surface area contributed by atoms with Gasteiger partial charge in [-0.3, -0.25) is 19.2 Å². The zero-order chi connectivity index (χ0) is 30.9. The predicted molar refractivity (Wildman–Crippen MR) is 160 cm³/mol. The average Bonchev–Trinajstić information content (AvgIpc) is 3.48. The first-order chi connectivity index (χ1) is 20.7. The summed E-state index contributed by atoms with van der Waals surface area (Å²) in [6.45, 7) is 3.90. The van der Waals surface area contributed by atoms with Crippen LogP contribution in [0.4, 0.5) is 0 Å². The van der Waals surface area contributed by atoms with E-state index >= 15 is 0 Å². The van der Waals surface area contributed by atoms with E-state index in [9.17, 15) is 19.2 Å². The predicted octanol–water partition coefficient (Wildman–Crippen LogP) is 3.28. The molecule has 0 fully saturated rings. The van der Waals surface area contributed by atoms with Gasteiger partial charge < -0.3 is 33.8 Å². The number of carbonyl (C=O) groups excluding carboxylic acids is 4. The fraction of sp³-hybridized carbons (Fsp3) is 0.500. The van der Waals surface area contributed by atoms with E-state index in [0.29, 0.717) is 93.3 Å². The molecular formula is C32H42N4O7. The van der Waals surface area contributed by atoms with Gasteiger partial charge in [-0.2, -0.15) is 0 Å². The number of ether oxygens (including phenoxy) is 3. The van der Waals surface area contributed by atoms with Crippen molar-refractivity contribution >= 4 is 23.6 Å². The van der Waals surface area contributed by atoms with E-state index < -0.39 is 6.04 Å². The summed E-state index contributed by atoms with van der Waals surface area (Å²) in [4.78, 5) is 59.2. The topological polar surface area (TPSA) is 109 Å². The molecule has 2 aromatic carbocycles. The van der Waals surface area contributed by atoms with Crippen LogP contribution in [-0.4, -0.2) is 110 Å². The Balaban J connectivity index is 1.53. The van der Waals surface area contributed by atoms with Crippen molar-refractivity contribution in [2.75, 3.05) is 60.7 Å². The standard InChI is InChI=1S/C32H42N4O7/c1-23(37)33(2)17-9-12-26-32(40)34(3)16-7-8-18-36(30(38)24-14-15-28-29(21-24)43-22-42-28)19-10-20-41-27-13-6-5-11-25(27)31(39)35(26)4/h5-6,11,13-15,21,26H,7-10,12,16-20,22H2,1-4H3/t26-/m0/s1. The Morgan fingerprint density at radius 3 is 2.42 bits per heavy atom. The molecule has 11 heteroatoms. The third kappa shape index (κ3) is 7.97. The summed E-state index contributed by atoms with van der Waals surface area (Å²) >= 11 is 0. The second-order valence-corrected chi connectivity index (χ2v) is 11.0.